The number of ether oxygens (including phenoxy) is 5. The molecule has 15 heteroatoms. The first kappa shape index (κ1) is 36.3. The van der Waals surface area contributed by atoms with E-state index >= 15 is 0 Å². The maximum Gasteiger partial charge on any atom is 0.348 e. The van der Waals surface area contributed by atoms with Gasteiger partial charge in [0, 0.05) is 50.3 Å². The number of benzene rings is 2. The molecule has 1 saturated carbocycles. The van der Waals surface area contributed by atoms with Crippen LogP contribution in [0, 0.1) is 10.8 Å². The maximum atomic E-state index is 14.5. The number of aliphatic hydroxyl groups is 1. The third-order valence-electron chi connectivity index (χ3n) is 11.3. The molecule has 1 spiro atoms. The summed E-state index contributed by atoms with van der Waals surface area (Å²) >= 11 is 0. The van der Waals surface area contributed by atoms with Crippen molar-refractivity contribution in [2.75, 3.05) is 26.3 Å². The highest BCUT2D eigenvalue weighted by Crippen LogP contribution is 2.58. The summed E-state index contributed by atoms with van der Waals surface area (Å²) < 4.78 is 30.1. The summed E-state index contributed by atoms with van der Waals surface area (Å²) in [5, 5.41) is 16.0. The molecule has 15 nitrogen and oxygen atoms in total. The summed E-state index contributed by atoms with van der Waals surface area (Å²) in [5.74, 6) is -3.80. The second-order valence-corrected chi connectivity index (χ2v) is 15.4. The van der Waals surface area contributed by atoms with E-state index in [0.717, 1.165) is 11.1 Å². The van der Waals surface area contributed by atoms with Gasteiger partial charge in [0.15, 0.2) is 11.8 Å². The van der Waals surface area contributed by atoms with Crippen LogP contribution in [0.25, 0.3) is 6.08 Å². The number of carbonyl (C=O) groups is 5. The van der Waals surface area contributed by atoms with Gasteiger partial charge in [-0.2, -0.15) is 5.06 Å². The number of carbonyl (C=O) groups excluding carboxylic acids is 5. The molecule has 4 heterocycles. The Hall–Kier alpha value is -4.67. The molecule has 2 aromatic carbocycles. The number of cyclic esters (lactones) is 1. The fraction of sp³-hybridized carbons (Fsp3) is 0.513. The van der Waals surface area contributed by atoms with Crippen molar-refractivity contribution in [2.24, 2.45) is 10.8 Å². The lowest BCUT2D eigenvalue weighted by Crippen LogP contribution is -2.69. The lowest BCUT2D eigenvalue weighted by molar-refractivity contribution is -0.217. The number of fused-ring (bicyclic) bond motifs is 5. The van der Waals surface area contributed by atoms with Gasteiger partial charge in [-0.1, -0.05) is 62.4 Å². The first-order valence-corrected chi connectivity index (χ1v) is 18.3. The van der Waals surface area contributed by atoms with E-state index in [1.54, 1.807) is 38.1 Å². The van der Waals surface area contributed by atoms with Gasteiger partial charge in [0.25, 0.3) is 0 Å². The lowest BCUT2D eigenvalue weighted by atomic mass is 9.62. The van der Waals surface area contributed by atoms with Gasteiger partial charge in [0.05, 0.1) is 13.2 Å². The zero-order chi connectivity index (χ0) is 37.8. The normalized spacial score (nSPS) is 31.2. The molecular formula is C39H43N3O12. The summed E-state index contributed by atoms with van der Waals surface area (Å²) in [6.07, 6.45) is -0.412. The molecule has 2 aromatic rings. The van der Waals surface area contributed by atoms with Crippen LogP contribution < -0.4 is 10.6 Å². The van der Waals surface area contributed by atoms with Crippen molar-refractivity contribution < 1.29 is 57.6 Å². The number of hydroxylamine groups is 2. The van der Waals surface area contributed by atoms with Gasteiger partial charge in [-0.15, -0.1) is 0 Å². The third kappa shape index (κ3) is 6.27. The molecule has 2 amide bonds. The Kier molecular flexibility index (Phi) is 9.33. The van der Waals surface area contributed by atoms with Crippen LogP contribution in [0.2, 0.25) is 0 Å². The predicted octanol–water partition coefficient (Wildman–Crippen LogP) is 0.888. The SMILES string of the molecule is CC1(C)COC(=O)C1OC(=O)C=Cc1ccccc1CN1OC2C3OC4(Cc5ccccc5C4)OC3C3CC2(C(=O)NCCC(=O)NCCO)C1C(=O)O3. The number of esters is 3. The molecule has 2 bridgehead atoms. The van der Waals surface area contributed by atoms with Crippen LogP contribution in [0.1, 0.15) is 48.9 Å². The topological polar surface area (TPSA) is 188 Å². The third-order valence-corrected chi connectivity index (χ3v) is 11.3. The van der Waals surface area contributed by atoms with Crippen LogP contribution >= 0.6 is 0 Å². The highest BCUT2D eigenvalue weighted by atomic mass is 16.8. The van der Waals surface area contributed by atoms with E-state index in [1.165, 1.54) is 11.1 Å². The highest BCUT2D eigenvalue weighted by molar-refractivity contribution is 5.94. The molecular weight excluding hydrogens is 702 g/mol. The van der Waals surface area contributed by atoms with E-state index in [0.29, 0.717) is 24.0 Å². The molecule has 8 rings (SSSR count). The monoisotopic (exact) mass is 745 g/mol. The van der Waals surface area contributed by atoms with Crippen LogP contribution in [-0.4, -0.2) is 109 Å². The molecule has 286 valence electrons. The van der Waals surface area contributed by atoms with Crippen molar-refractivity contribution in [2.45, 2.75) is 88.4 Å². The van der Waals surface area contributed by atoms with Crippen molar-refractivity contribution >= 4 is 35.8 Å². The number of rotatable bonds is 11. The Morgan fingerprint density at radius 3 is 2.41 bits per heavy atom. The molecule has 5 fully saturated rings. The Morgan fingerprint density at radius 1 is 0.963 bits per heavy atom. The average Bonchev–Trinajstić information content (AvgIpc) is 3.88. The zero-order valence-corrected chi connectivity index (χ0v) is 30.0. The summed E-state index contributed by atoms with van der Waals surface area (Å²) in [5.41, 5.74) is 1.33. The quantitative estimate of drug-likeness (QED) is 0.167. The standard InChI is InChI=1S/C39H43N3O12/c1-37(2)21-49-35(47)33(37)51-28(45)12-11-22-7-3-6-10-25(22)20-42-31-34(46)50-26-19-39(31,36(48)41-14-13-27(44)40-15-16-43)32(54-42)30-29(26)52-38(53-30)17-23-8-4-5-9-24(23)18-38/h3-12,26,29-33,43H,13-21H2,1-2H3,(H,40,44)(H,41,48). The summed E-state index contributed by atoms with van der Waals surface area (Å²) in [6, 6.07) is 14.0. The first-order chi connectivity index (χ1) is 25.9. The van der Waals surface area contributed by atoms with Crippen LogP contribution in [-0.2, 0) is 71.9 Å². The van der Waals surface area contributed by atoms with Gasteiger partial charge in [0.1, 0.15) is 36.4 Å². The zero-order valence-electron chi connectivity index (χ0n) is 30.0. The lowest BCUT2D eigenvalue weighted by Gasteiger charge is -2.48. The van der Waals surface area contributed by atoms with E-state index in [-0.39, 0.29) is 51.6 Å². The second-order valence-electron chi connectivity index (χ2n) is 15.4. The predicted molar refractivity (Wildman–Crippen MR) is 185 cm³/mol. The fourth-order valence-corrected chi connectivity index (χ4v) is 8.75. The Labute approximate surface area is 311 Å². The summed E-state index contributed by atoms with van der Waals surface area (Å²) in [7, 11) is 0. The molecule has 4 aliphatic heterocycles. The molecule has 4 saturated heterocycles. The van der Waals surface area contributed by atoms with E-state index in [1.807, 2.05) is 30.3 Å². The molecule has 54 heavy (non-hydrogen) atoms. The van der Waals surface area contributed by atoms with Gasteiger partial charge in [0.2, 0.25) is 17.9 Å². The van der Waals surface area contributed by atoms with E-state index in [2.05, 4.69) is 10.6 Å². The molecule has 0 aromatic heterocycles. The van der Waals surface area contributed by atoms with E-state index in [9.17, 15) is 24.0 Å². The minimum atomic E-state index is -1.46. The molecule has 3 N–H and O–H groups in total. The fourth-order valence-electron chi connectivity index (χ4n) is 8.75. The number of amides is 2. The van der Waals surface area contributed by atoms with Crippen molar-refractivity contribution in [1.29, 1.82) is 0 Å². The summed E-state index contributed by atoms with van der Waals surface area (Å²) in [6.45, 7) is 3.59. The van der Waals surface area contributed by atoms with Gasteiger partial charge in [-0.3, -0.25) is 19.2 Å². The van der Waals surface area contributed by atoms with E-state index < -0.39 is 77.0 Å². The summed E-state index contributed by atoms with van der Waals surface area (Å²) in [4.78, 5) is 72.5. The van der Waals surface area contributed by atoms with Crippen molar-refractivity contribution in [3.05, 3.63) is 76.9 Å². The van der Waals surface area contributed by atoms with E-state index in [4.69, 9.17) is 33.6 Å². The van der Waals surface area contributed by atoms with Crippen LogP contribution in [0.3, 0.4) is 0 Å². The number of hydrogen-bond donors (Lipinski definition) is 3. The molecule has 0 radical (unpaired) electrons. The average molecular weight is 746 g/mol. The Morgan fingerprint density at radius 2 is 1.69 bits per heavy atom. The maximum absolute atomic E-state index is 14.5. The highest BCUT2D eigenvalue weighted by Gasteiger charge is 2.76. The van der Waals surface area contributed by atoms with Crippen molar-refractivity contribution in [1.82, 2.24) is 15.7 Å². The Bertz CT molecular complexity index is 1870. The number of nitrogens with zero attached hydrogens (tertiary/aromatic N) is 1. The van der Waals surface area contributed by atoms with Crippen LogP contribution in [0.15, 0.2) is 54.6 Å². The number of nitrogens with one attached hydrogen (secondary N) is 2. The number of aliphatic hydroxyl groups excluding tert-OH is 1. The molecule has 7 unspecified atom stereocenters. The second kappa shape index (κ2) is 13.9. The van der Waals surface area contributed by atoms with Gasteiger partial charge in [-0.25, -0.2) is 9.59 Å². The molecule has 2 aliphatic carbocycles. The van der Waals surface area contributed by atoms with Crippen LogP contribution in [0.5, 0.6) is 0 Å². The van der Waals surface area contributed by atoms with Gasteiger partial charge >= 0.3 is 17.9 Å². The number of hydrogen-bond acceptors (Lipinski definition) is 13. The smallest absolute Gasteiger partial charge is 0.348 e. The molecule has 7 atom stereocenters. The first-order valence-electron chi connectivity index (χ1n) is 18.3. The van der Waals surface area contributed by atoms with Gasteiger partial charge in [-0.05, 0) is 28.3 Å². The van der Waals surface area contributed by atoms with Crippen LogP contribution in [0.4, 0.5) is 0 Å². The minimum Gasteiger partial charge on any atom is -0.462 e. The van der Waals surface area contributed by atoms with Crippen molar-refractivity contribution in [3.8, 4) is 0 Å². The largest absolute Gasteiger partial charge is 0.462 e. The van der Waals surface area contributed by atoms with Crippen molar-refractivity contribution in [3.63, 3.8) is 0 Å². The Balaban J connectivity index is 1.07. The minimum absolute atomic E-state index is 0.0127. The molecule has 6 aliphatic rings. The van der Waals surface area contributed by atoms with Gasteiger partial charge < -0.3 is 39.4 Å².